The molecule has 5 heterocycles. The van der Waals surface area contributed by atoms with Gasteiger partial charge in [-0.2, -0.15) is 5.10 Å². The van der Waals surface area contributed by atoms with E-state index < -0.39 is 0 Å². The number of rotatable bonds is 2. The highest BCUT2D eigenvalue weighted by atomic mass is 16.2. The Balaban J connectivity index is 1.48. The quantitative estimate of drug-likeness (QED) is 0.779. The van der Waals surface area contributed by atoms with Crippen molar-refractivity contribution in [1.82, 2.24) is 24.8 Å². The van der Waals surface area contributed by atoms with E-state index in [1.165, 1.54) is 5.57 Å². The number of aryl methyl sites for hydroxylation is 2. The van der Waals surface area contributed by atoms with Gasteiger partial charge in [-0.15, -0.1) is 0 Å². The number of carbonyl (C=O) groups is 1. The maximum Gasteiger partial charge on any atom is 0.255 e. The van der Waals surface area contributed by atoms with Crippen LogP contribution in [0.5, 0.6) is 0 Å². The van der Waals surface area contributed by atoms with Crippen LogP contribution in [0.3, 0.4) is 0 Å². The minimum atomic E-state index is -0.0597. The van der Waals surface area contributed by atoms with E-state index in [1.54, 1.807) is 11.0 Å². The standard InChI is InChI=1S/C26H29N5O/c1-16-10-22(11-17(2)27-16)21-8-9-23-7-5-6-20(12-26(32)30(23)15-21)24-13-25-19(4)28-18(3)14-31(25)29-24/h5-9,12-17,22,27H,10-11H2,1-4H3/b6-5?,20-12?,23-7+/t16-,17-/m0/s1. The van der Waals surface area contributed by atoms with Crippen LogP contribution >= 0.6 is 0 Å². The third-order valence-corrected chi connectivity index (χ3v) is 6.43. The highest BCUT2D eigenvalue weighted by Crippen LogP contribution is 2.32. The summed E-state index contributed by atoms with van der Waals surface area (Å²) in [5, 5.41) is 8.30. The molecule has 2 atom stereocenters. The molecule has 2 aromatic rings. The highest BCUT2D eigenvalue weighted by Gasteiger charge is 2.28. The summed E-state index contributed by atoms with van der Waals surface area (Å²) in [6, 6.07) is 2.94. The molecule has 1 amide bonds. The van der Waals surface area contributed by atoms with Gasteiger partial charge in [0.2, 0.25) is 0 Å². The van der Waals surface area contributed by atoms with Gasteiger partial charge < -0.3 is 5.32 Å². The molecule has 3 aliphatic heterocycles. The molecule has 1 N–H and O–H groups in total. The van der Waals surface area contributed by atoms with E-state index in [9.17, 15) is 4.79 Å². The van der Waals surface area contributed by atoms with Crippen molar-refractivity contribution in [3.63, 3.8) is 0 Å². The smallest absolute Gasteiger partial charge is 0.255 e. The maximum atomic E-state index is 13.3. The van der Waals surface area contributed by atoms with E-state index in [0.29, 0.717) is 18.0 Å². The van der Waals surface area contributed by atoms with Crippen LogP contribution in [0.1, 0.15) is 43.8 Å². The fraction of sp³-hybridized carbons (Fsp3) is 0.346. The first-order valence-electron chi connectivity index (χ1n) is 11.3. The molecule has 1 fully saturated rings. The van der Waals surface area contributed by atoms with E-state index in [4.69, 9.17) is 5.10 Å². The van der Waals surface area contributed by atoms with Crippen LogP contribution in [0.15, 0.2) is 66.2 Å². The monoisotopic (exact) mass is 427 g/mol. The lowest BCUT2D eigenvalue weighted by Gasteiger charge is -2.35. The normalized spacial score (nSPS) is 27.4. The molecule has 0 aromatic carbocycles. The zero-order chi connectivity index (χ0) is 22.4. The number of amides is 1. The lowest BCUT2D eigenvalue weighted by molar-refractivity contribution is -0.122. The zero-order valence-corrected chi connectivity index (χ0v) is 19.0. The van der Waals surface area contributed by atoms with Crippen LogP contribution in [0.25, 0.3) is 11.1 Å². The summed E-state index contributed by atoms with van der Waals surface area (Å²) in [7, 11) is 0. The number of nitrogens with one attached hydrogen (secondary N) is 1. The van der Waals surface area contributed by atoms with Crippen LogP contribution in [0.4, 0.5) is 0 Å². The zero-order valence-electron chi connectivity index (χ0n) is 19.0. The Bertz CT molecular complexity index is 1230. The van der Waals surface area contributed by atoms with E-state index in [1.807, 2.05) is 55.1 Å². The SMILES string of the molecule is Cc1cn2nc(C3=CC(=O)N4C=C(C5C[C@H](C)N[C@@H](C)C5)C=C/C4=C\C=C3)cc2c(C)n1. The second kappa shape index (κ2) is 8.02. The Morgan fingerprint density at radius 1 is 1.09 bits per heavy atom. The predicted molar refractivity (Wildman–Crippen MR) is 127 cm³/mol. The lowest BCUT2D eigenvalue weighted by Crippen LogP contribution is -2.43. The number of aromatic nitrogens is 3. The van der Waals surface area contributed by atoms with Gasteiger partial charge in [0, 0.05) is 35.6 Å². The molecular formula is C26H29N5O. The number of allylic oxidation sites excluding steroid dienone is 7. The molecule has 32 heavy (non-hydrogen) atoms. The Labute approximate surface area is 188 Å². The average molecular weight is 428 g/mol. The summed E-state index contributed by atoms with van der Waals surface area (Å²) < 4.78 is 1.84. The van der Waals surface area contributed by atoms with Gasteiger partial charge in [-0.3, -0.25) is 14.7 Å². The van der Waals surface area contributed by atoms with Gasteiger partial charge in [-0.25, -0.2) is 4.52 Å². The van der Waals surface area contributed by atoms with Crippen LogP contribution < -0.4 is 5.32 Å². The molecule has 2 aromatic heterocycles. The maximum absolute atomic E-state index is 13.3. The fourth-order valence-electron chi connectivity index (χ4n) is 5.03. The van der Waals surface area contributed by atoms with Crippen molar-refractivity contribution in [2.75, 3.05) is 0 Å². The van der Waals surface area contributed by atoms with Gasteiger partial charge in [0.1, 0.15) is 0 Å². The first kappa shape index (κ1) is 20.6. The Morgan fingerprint density at radius 3 is 2.66 bits per heavy atom. The van der Waals surface area contributed by atoms with E-state index in [-0.39, 0.29) is 5.91 Å². The van der Waals surface area contributed by atoms with Crippen molar-refractivity contribution in [2.24, 2.45) is 5.92 Å². The summed E-state index contributed by atoms with van der Waals surface area (Å²) in [6.45, 7) is 8.40. The van der Waals surface area contributed by atoms with Crippen LogP contribution in [-0.4, -0.2) is 37.5 Å². The molecule has 0 unspecified atom stereocenters. The Morgan fingerprint density at radius 2 is 1.88 bits per heavy atom. The van der Waals surface area contributed by atoms with Gasteiger partial charge in [-0.05, 0) is 70.2 Å². The largest absolute Gasteiger partial charge is 0.312 e. The second-order valence-electron chi connectivity index (χ2n) is 9.19. The molecule has 0 aliphatic carbocycles. The van der Waals surface area contributed by atoms with E-state index in [0.717, 1.165) is 46.7 Å². The molecule has 3 aliphatic rings. The Hall–Kier alpha value is -3.25. The van der Waals surface area contributed by atoms with Gasteiger partial charge in [0.25, 0.3) is 5.91 Å². The Kier molecular flexibility index (Phi) is 5.18. The molecule has 6 heteroatoms. The highest BCUT2D eigenvalue weighted by molar-refractivity contribution is 5.99. The third kappa shape index (κ3) is 3.86. The predicted octanol–water partition coefficient (Wildman–Crippen LogP) is 4.24. The molecular weight excluding hydrogens is 398 g/mol. The van der Waals surface area contributed by atoms with E-state index in [2.05, 4.69) is 36.3 Å². The lowest BCUT2D eigenvalue weighted by atomic mass is 9.83. The molecule has 0 bridgehead atoms. The van der Waals surface area contributed by atoms with Crippen LogP contribution in [0, 0.1) is 19.8 Å². The molecule has 6 nitrogen and oxygen atoms in total. The van der Waals surface area contributed by atoms with Crippen molar-refractivity contribution >= 4 is 17.0 Å². The van der Waals surface area contributed by atoms with Crippen molar-refractivity contribution < 1.29 is 4.79 Å². The van der Waals surface area contributed by atoms with Crippen molar-refractivity contribution in [3.8, 4) is 0 Å². The number of piperidine rings is 1. The van der Waals surface area contributed by atoms with Crippen LogP contribution in [0.2, 0.25) is 0 Å². The van der Waals surface area contributed by atoms with Crippen molar-refractivity contribution in [2.45, 2.75) is 52.6 Å². The van der Waals surface area contributed by atoms with Crippen molar-refractivity contribution in [3.05, 3.63) is 83.3 Å². The number of hydrogen-bond donors (Lipinski definition) is 1. The topological polar surface area (TPSA) is 62.5 Å². The molecule has 0 radical (unpaired) electrons. The second-order valence-corrected chi connectivity index (χ2v) is 9.19. The molecule has 1 saturated heterocycles. The first-order chi connectivity index (χ1) is 15.4. The summed E-state index contributed by atoms with van der Waals surface area (Å²) in [5.74, 6) is 0.393. The van der Waals surface area contributed by atoms with E-state index >= 15 is 0 Å². The summed E-state index contributed by atoms with van der Waals surface area (Å²) in [6.07, 6.45) is 17.9. The molecule has 164 valence electrons. The average Bonchev–Trinajstić information content (AvgIpc) is 3.15. The third-order valence-electron chi connectivity index (χ3n) is 6.43. The van der Waals surface area contributed by atoms with Gasteiger partial charge in [0.15, 0.2) is 0 Å². The summed E-state index contributed by atoms with van der Waals surface area (Å²) in [4.78, 5) is 19.6. The van der Waals surface area contributed by atoms with Gasteiger partial charge >= 0.3 is 0 Å². The first-order valence-corrected chi connectivity index (χ1v) is 11.3. The summed E-state index contributed by atoms with van der Waals surface area (Å²) >= 11 is 0. The molecule has 0 spiro atoms. The van der Waals surface area contributed by atoms with Gasteiger partial charge in [-0.1, -0.05) is 18.2 Å². The molecule has 5 rings (SSSR count). The minimum absolute atomic E-state index is 0.0597. The summed E-state index contributed by atoms with van der Waals surface area (Å²) in [5.41, 5.74) is 6.44. The fourth-order valence-corrected chi connectivity index (χ4v) is 5.03. The number of nitrogens with zero attached hydrogens (tertiary/aromatic N) is 4. The van der Waals surface area contributed by atoms with Gasteiger partial charge in [0.05, 0.1) is 28.8 Å². The number of carbonyl (C=O) groups excluding carboxylic acids is 1. The number of fused-ring (bicyclic) bond motifs is 2. The van der Waals surface area contributed by atoms with Crippen molar-refractivity contribution in [1.29, 1.82) is 0 Å². The number of hydrogen-bond acceptors (Lipinski definition) is 4. The molecule has 0 saturated carbocycles. The van der Waals surface area contributed by atoms with Crippen LogP contribution in [-0.2, 0) is 4.79 Å². The minimum Gasteiger partial charge on any atom is -0.312 e.